The third kappa shape index (κ3) is 1.46. The van der Waals surface area contributed by atoms with E-state index in [1.807, 2.05) is 0 Å². The third-order valence-corrected chi connectivity index (χ3v) is 1.02. The van der Waals surface area contributed by atoms with E-state index in [1.165, 1.54) is 24.3 Å². The van der Waals surface area contributed by atoms with E-state index in [0.29, 0.717) is 5.56 Å². The number of rotatable bonds is 0. The second-order valence-corrected chi connectivity index (χ2v) is 1.71. The molecule has 0 bridgehead atoms. The molecular weight excluding hydrogens is 133 g/mol. The van der Waals surface area contributed by atoms with E-state index in [0.717, 1.165) is 0 Å². The van der Waals surface area contributed by atoms with Crippen molar-refractivity contribution < 1.29 is 4.39 Å². The smallest absolute Gasteiger partial charge is 0.336 e. The molecule has 0 aliphatic rings. The zero-order valence-corrected chi connectivity index (χ0v) is 5.04. The Morgan fingerprint density at radius 1 is 1.30 bits per heavy atom. The molecule has 1 aromatic rings. The molecule has 0 radical (unpaired) electrons. The van der Waals surface area contributed by atoms with E-state index < -0.39 is 0 Å². The van der Waals surface area contributed by atoms with Gasteiger partial charge in [0.1, 0.15) is 11.4 Å². The number of halogens is 1. The number of hydrogen-bond acceptors (Lipinski definition) is 1. The highest BCUT2D eigenvalue weighted by molar-refractivity contribution is 5.31. The topological polar surface area (TPSA) is 27.4 Å². The molecule has 0 N–H and O–H groups in total. The molecule has 0 saturated heterocycles. The Bertz CT molecular complexity index is 270. The predicted octanol–water partition coefficient (Wildman–Crippen LogP) is 2.00. The van der Waals surface area contributed by atoms with Gasteiger partial charge in [0.25, 0.3) is 0 Å². The monoisotopic (exact) mass is 137 g/mol. The summed E-state index contributed by atoms with van der Waals surface area (Å²) in [6, 6.07) is 7.48. The predicted molar refractivity (Wildman–Crippen MR) is 36.1 cm³/mol. The van der Waals surface area contributed by atoms with E-state index in [9.17, 15) is 9.60 Å². The van der Waals surface area contributed by atoms with Gasteiger partial charge in [-0.2, -0.15) is 0 Å². The van der Waals surface area contributed by atoms with Gasteiger partial charge in [-0.25, -0.2) is 4.39 Å². The average Bonchev–Trinajstić information content (AvgIpc) is 1.95. The highest BCUT2D eigenvalue weighted by Crippen LogP contribution is 2.00. The summed E-state index contributed by atoms with van der Waals surface area (Å²) in [7, 11) is 0. The Hall–Kier alpha value is -1.56. The summed E-state index contributed by atoms with van der Waals surface area (Å²) in [5.41, 5.74) is 0.483. The van der Waals surface area contributed by atoms with Crippen LogP contribution in [0.2, 0.25) is 0 Å². The lowest BCUT2D eigenvalue weighted by Crippen LogP contribution is -1.73. The summed E-state index contributed by atoms with van der Waals surface area (Å²) in [5.74, 6) is -0.337. The van der Waals surface area contributed by atoms with Crippen LogP contribution in [0.5, 0.6) is 0 Å². The molecule has 0 spiro atoms. The summed E-state index contributed by atoms with van der Waals surface area (Å²) in [4.78, 5) is 0. The van der Waals surface area contributed by atoms with Gasteiger partial charge in [0.2, 0.25) is 0 Å². The third-order valence-electron chi connectivity index (χ3n) is 1.02. The van der Waals surface area contributed by atoms with E-state index in [-0.39, 0.29) is 5.82 Å². The van der Waals surface area contributed by atoms with E-state index in [1.54, 1.807) is 0 Å². The zero-order chi connectivity index (χ0) is 7.40. The maximum atomic E-state index is 12.2. The van der Waals surface area contributed by atoms with Gasteiger partial charge in [-0.3, -0.25) is 0 Å². The Morgan fingerprint density at radius 3 is 2.40 bits per heavy atom. The van der Waals surface area contributed by atoms with Crippen LogP contribution in [0.1, 0.15) is 5.56 Å². The van der Waals surface area contributed by atoms with Crippen molar-refractivity contribution in [2.24, 2.45) is 0 Å². The maximum absolute atomic E-state index is 12.2. The van der Waals surface area contributed by atoms with Crippen molar-refractivity contribution in [3.05, 3.63) is 45.9 Å². The van der Waals surface area contributed by atoms with Crippen molar-refractivity contribution in [1.29, 1.82) is 0 Å². The van der Waals surface area contributed by atoms with Crippen LogP contribution in [0, 0.1) is 17.1 Å². The molecule has 2 nitrogen and oxygen atoms in total. The normalized spacial score (nSPS) is 8.10. The van der Waals surface area contributed by atoms with Gasteiger partial charge in [-0.15, -0.1) is 0 Å². The van der Waals surface area contributed by atoms with Gasteiger partial charge >= 0.3 is 6.07 Å². The van der Waals surface area contributed by atoms with Crippen LogP contribution in [-0.2, 0) is 0 Å². The van der Waals surface area contributed by atoms with Crippen molar-refractivity contribution >= 4 is 0 Å². The first kappa shape index (κ1) is 6.56. The van der Waals surface area contributed by atoms with E-state index in [2.05, 4.69) is 11.1 Å². The fourth-order valence-corrected chi connectivity index (χ4v) is 0.577. The Balaban J connectivity index is 2.97. The molecule has 1 aromatic carbocycles. The fraction of sp³-hybridized carbons (Fsp3) is 0. The Kier molecular flexibility index (Phi) is 1.86. The van der Waals surface area contributed by atoms with Crippen molar-refractivity contribution in [1.82, 2.24) is 0 Å². The molecule has 1 rings (SSSR count). The minimum Gasteiger partial charge on any atom is -0.498 e. The van der Waals surface area contributed by atoms with Crippen LogP contribution in [0.25, 0.3) is 5.01 Å². The van der Waals surface area contributed by atoms with Gasteiger partial charge in [-0.1, -0.05) is 0 Å². The van der Waals surface area contributed by atoms with Crippen molar-refractivity contribution in [2.45, 2.75) is 0 Å². The van der Waals surface area contributed by atoms with Crippen molar-refractivity contribution in [2.75, 3.05) is 0 Å². The molecule has 0 unspecified atom stereocenters. The number of nitrogens with zero attached hydrogens (tertiary/aromatic N) is 1. The quantitative estimate of drug-likeness (QED) is 0.502. The first-order valence-electron chi connectivity index (χ1n) is 2.67. The van der Waals surface area contributed by atoms with Crippen LogP contribution in [0.15, 0.2) is 24.3 Å². The van der Waals surface area contributed by atoms with E-state index in [4.69, 9.17) is 0 Å². The molecule has 0 heterocycles. The van der Waals surface area contributed by atoms with Gasteiger partial charge in [0.15, 0.2) is 0 Å². The minimum atomic E-state index is -0.337. The van der Waals surface area contributed by atoms with Crippen molar-refractivity contribution in [3.63, 3.8) is 0 Å². The maximum Gasteiger partial charge on any atom is 0.336 e. The van der Waals surface area contributed by atoms with Gasteiger partial charge in [-0.05, 0) is 24.3 Å². The largest absolute Gasteiger partial charge is 0.498 e. The molecule has 0 fully saturated rings. The summed E-state index contributed by atoms with van der Waals surface area (Å²) in [6.07, 6.45) is 0. The number of benzene rings is 1. The van der Waals surface area contributed by atoms with Crippen LogP contribution in [-0.4, -0.2) is 0 Å². The highest BCUT2D eigenvalue weighted by atomic mass is 19.1. The minimum absolute atomic E-state index is 0.337. The summed E-state index contributed by atoms with van der Waals surface area (Å²) in [6.45, 7) is 0. The average molecular weight is 137 g/mol. The van der Waals surface area contributed by atoms with Gasteiger partial charge in [0, 0.05) is 5.01 Å². The lowest BCUT2D eigenvalue weighted by atomic mass is 10.2. The fourth-order valence-electron chi connectivity index (χ4n) is 0.577. The van der Waals surface area contributed by atoms with Crippen LogP contribution in [0.3, 0.4) is 0 Å². The van der Waals surface area contributed by atoms with Gasteiger partial charge in [0.05, 0.1) is 0 Å². The second kappa shape index (κ2) is 2.83. The molecule has 0 aliphatic heterocycles. The standard InChI is InChI=1S/C7H4FNO/c8-7-3-1-6(2-4-7)5-9-10/h1-4H. The van der Waals surface area contributed by atoms with Crippen LogP contribution in [0.4, 0.5) is 4.39 Å². The lowest BCUT2D eigenvalue weighted by Gasteiger charge is -1.83. The first-order valence-corrected chi connectivity index (χ1v) is 2.67. The summed E-state index contributed by atoms with van der Waals surface area (Å²) >= 11 is 0. The van der Waals surface area contributed by atoms with Crippen LogP contribution >= 0.6 is 0 Å². The molecule has 0 amide bonds. The van der Waals surface area contributed by atoms with Gasteiger partial charge < -0.3 is 5.21 Å². The second-order valence-electron chi connectivity index (χ2n) is 1.71. The van der Waals surface area contributed by atoms with Crippen LogP contribution < -0.4 is 0 Å². The molecule has 0 saturated carbocycles. The lowest BCUT2D eigenvalue weighted by molar-refractivity contribution is 0.627. The van der Waals surface area contributed by atoms with E-state index >= 15 is 0 Å². The summed E-state index contributed by atoms with van der Waals surface area (Å²) in [5, 5.41) is 12.0. The van der Waals surface area contributed by atoms with Crippen molar-refractivity contribution in [3.8, 4) is 6.07 Å². The number of hydrogen-bond donors (Lipinski definition) is 0. The SMILES string of the molecule is [O-][N+]#Cc1ccc(F)cc1. The molecule has 0 atom stereocenters. The molecule has 10 heavy (non-hydrogen) atoms. The summed E-state index contributed by atoms with van der Waals surface area (Å²) < 4.78 is 12.2. The molecule has 50 valence electrons. The Labute approximate surface area is 57.3 Å². The molecular formula is C7H4FNO. The Morgan fingerprint density at radius 2 is 1.90 bits per heavy atom. The zero-order valence-electron chi connectivity index (χ0n) is 5.04. The molecule has 0 aliphatic carbocycles. The molecule has 0 aromatic heterocycles. The highest BCUT2D eigenvalue weighted by Gasteiger charge is 1.92. The molecule has 3 heteroatoms. The first-order chi connectivity index (χ1) is 4.83.